The Hall–Kier alpha value is -1.67. The van der Waals surface area contributed by atoms with Gasteiger partial charge in [-0.15, -0.1) is 11.8 Å². The van der Waals surface area contributed by atoms with E-state index in [0.29, 0.717) is 18.4 Å². The smallest absolute Gasteiger partial charge is 0.419 e. The molecular weight excluding hydrogens is 267 g/mol. The van der Waals surface area contributed by atoms with E-state index in [1.165, 1.54) is 6.07 Å². The Kier molecular flexibility index (Phi) is 5.90. The van der Waals surface area contributed by atoms with Crippen LogP contribution in [0.1, 0.15) is 31.4 Å². The van der Waals surface area contributed by atoms with Crippen LogP contribution in [0.15, 0.2) is 18.2 Å². The Labute approximate surface area is 117 Å². The van der Waals surface area contributed by atoms with Crippen LogP contribution in [0.2, 0.25) is 0 Å². The molecule has 1 aromatic carbocycles. The molecular formula is C15H18F3NO. The molecule has 0 aliphatic heterocycles. The summed E-state index contributed by atoms with van der Waals surface area (Å²) >= 11 is 0. The average molecular weight is 285 g/mol. The molecule has 0 spiro atoms. The summed E-state index contributed by atoms with van der Waals surface area (Å²) in [6.07, 6.45) is -3.65. The Balaban J connectivity index is 2.94. The van der Waals surface area contributed by atoms with E-state index in [0.717, 1.165) is 6.07 Å². The van der Waals surface area contributed by atoms with Crippen LogP contribution in [0.3, 0.4) is 0 Å². The van der Waals surface area contributed by atoms with Crippen LogP contribution in [-0.4, -0.2) is 12.6 Å². The molecule has 2 N–H and O–H groups in total. The molecule has 1 atom stereocenters. The Morgan fingerprint density at radius 1 is 1.35 bits per heavy atom. The van der Waals surface area contributed by atoms with Crippen LogP contribution in [0.4, 0.5) is 13.2 Å². The van der Waals surface area contributed by atoms with Crippen LogP contribution in [0, 0.1) is 11.8 Å². The highest BCUT2D eigenvalue weighted by Crippen LogP contribution is 2.37. The van der Waals surface area contributed by atoms with Gasteiger partial charge >= 0.3 is 6.18 Å². The minimum atomic E-state index is -4.44. The van der Waals surface area contributed by atoms with E-state index < -0.39 is 11.7 Å². The van der Waals surface area contributed by atoms with Crippen molar-refractivity contribution in [3.05, 3.63) is 29.3 Å². The standard InChI is InChI=1S/C15H18F3NO/c1-3-4-5-8-20-14-7-6-12(9-11(2)19)10-13(14)15(16,17)18/h6-7,10-11H,5,8-9,19H2,1-2H3. The third-order valence-corrected chi connectivity index (χ3v) is 2.57. The number of hydrogen-bond donors (Lipinski definition) is 1. The van der Waals surface area contributed by atoms with Gasteiger partial charge in [0.25, 0.3) is 0 Å². The maximum atomic E-state index is 13.0. The van der Waals surface area contributed by atoms with Crippen LogP contribution in [0.25, 0.3) is 0 Å². The first kappa shape index (κ1) is 16.4. The van der Waals surface area contributed by atoms with Gasteiger partial charge in [-0.2, -0.15) is 13.2 Å². The molecule has 0 heterocycles. The molecule has 2 nitrogen and oxygen atoms in total. The Morgan fingerprint density at radius 2 is 2.05 bits per heavy atom. The predicted octanol–water partition coefficient (Wildman–Crippen LogP) is 3.39. The number of hydrogen-bond acceptors (Lipinski definition) is 2. The highest BCUT2D eigenvalue weighted by atomic mass is 19.4. The first-order valence-electron chi connectivity index (χ1n) is 6.32. The summed E-state index contributed by atoms with van der Waals surface area (Å²) in [6.45, 7) is 3.56. The van der Waals surface area contributed by atoms with Crippen molar-refractivity contribution in [1.29, 1.82) is 0 Å². The van der Waals surface area contributed by atoms with Crippen molar-refractivity contribution in [2.45, 2.75) is 38.9 Å². The summed E-state index contributed by atoms with van der Waals surface area (Å²) in [7, 11) is 0. The van der Waals surface area contributed by atoms with Crippen LogP contribution >= 0.6 is 0 Å². The second-order valence-corrected chi connectivity index (χ2v) is 4.53. The lowest BCUT2D eigenvalue weighted by Gasteiger charge is -2.15. The quantitative estimate of drug-likeness (QED) is 0.665. The highest BCUT2D eigenvalue weighted by molar-refractivity contribution is 5.39. The van der Waals surface area contributed by atoms with E-state index in [1.54, 1.807) is 19.9 Å². The van der Waals surface area contributed by atoms with Gasteiger partial charge < -0.3 is 10.5 Å². The molecule has 0 saturated heterocycles. The van der Waals surface area contributed by atoms with Crippen molar-refractivity contribution >= 4 is 0 Å². The highest BCUT2D eigenvalue weighted by Gasteiger charge is 2.34. The molecule has 1 rings (SSSR count). The number of halogens is 3. The van der Waals surface area contributed by atoms with Crippen molar-refractivity contribution in [3.63, 3.8) is 0 Å². The first-order valence-corrected chi connectivity index (χ1v) is 6.32. The molecule has 110 valence electrons. The van der Waals surface area contributed by atoms with Gasteiger partial charge in [0.05, 0.1) is 12.2 Å². The monoisotopic (exact) mass is 285 g/mol. The summed E-state index contributed by atoms with van der Waals surface area (Å²) in [6, 6.07) is 3.87. The average Bonchev–Trinajstić information content (AvgIpc) is 2.34. The first-order chi connectivity index (χ1) is 9.34. The molecule has 0 aliphatic rings. The second-order valence-electron chi connectivity index (χ2n) is 4.53. The number of alkyl halides is 3. The van der Waals surface area contributed by atoms with Crippen molar-refractivity contribution < 1.29 is 17.9 Å². The van der Waals surface area contributed by atoms with E-state index in [2.05, 4.69) is 11.8 Å². The topological polar surface area (TPSA) is 35.2 Å². The largest absolute Gasteiger partial charge is 0.492 e. The van der Waals surface area contributed by atoms with Gasteiger partial charge in [-0.25, -0.2) is 0 Å². The van der Waals surface area contributed by atoms with Gasteiger partial charge in [-0.3, -0.25) is 0 Å². The molecule has 0 fully saturated rings. The molecule has 1 unspecified atom stereocenters. The van der Waals surface area contributed by atoms with E-state index in [9.17, 15) is 13.2 Å². The molecule has 1 aromatic rings. The molecule has 0 radical (unpaired) electrons. The summed E-state index contributed by atoms with van der Waals surface area (Å²) < 4.78 is 44.2. The summed E-state index contributed by atoms with van der Waals surface area (Å²) in [5, 5.41) is 0. The zero-order chi connectivity index (χ0) is 15.2. The second kappa shape index (κ2) is 7.20. The molecule has 0 bridgehead atoms. The van der Waals surface area contributed by atoms with E-state index in [1.807, 2.05) is 0 Å². The van der Waals surface area contributed by atoms with Gasteiger partial charge in [-0.1, -0.05) is 6.07 Å². The number of rotatable bonds is 5. The zero-order valence-corrected chi connectivity index (χ0v) is 11.6. The lowest BCUT2D eigenvalue weighted by Crippen LogP contribution is -2.18. The molecule has 20 heavy (non-hydrogen) atoms. The summed E-state index contributed by atoms with van der Waals surface area (Å²) in [5.41, 5.74) is 5.39. The Bertz CT molecular complexity index is 498. The lowest BCUT2D eigenvalue weighted by atomic mass is 10.0. The number of nitrogens with two attached hydrogens (primary N) is 1. The van der Waals surface area contributed by atoms with Crippen LogP contribution < -0.4 is 10.5 Å². The Morgan fingerprint density at radius 3 is 2.60 bits per heavy atom. The predicted molar refractivity (Wildman–Crippen MR) is 72.4 cm³/mol. The molecule has 0 saturated carbocycles. The van der Waals surface area contributed by atoms with Crippen LogP contribution in [0.5, 0.6) is 5.75 Å². The maximum absolute atomic E-state index is 13.0. The van der Waals surface area contributed by atoms with Crippen molar-refractivity contribution in [2.24, 2.45) is 5.73 Å². The molecule has 0 aromatic heterocycles. The van der Waals surface area contributed by atoms with E-state index >= 15 is 0 Å². The third-order valence-electron chi connectivity index (χ3n) is 2.57. The van der Waals surface area contributed by atoms with Crippen LogP contribution in [-0.2, 0) is 12.6 Å². The minimum absolute atomic E-state index is 0.135. The fraction of sp³-hybridized carbons (Fsp3) is 0.467. The molecule has 0 aliphatic carbocycles. The normalized spacial score (nSPS) is 12.5. The minimum Gasteiger partial charge on any atom is -0.492 e. The van der Waals surface area contributed by atoms with Gasteiger partial charge in [-0.05, 0) is 38.0 Å². The van der Waals surface area contributed by atoms with E-state index in [-0.39, 0.29) is 18.4 Å². The number of benzene rings is 1. The van der Waals surface area contributed by atoms with Gasteiger partial charge in [0.15, 0.2) is 0 Å². The summed E-state index contributed by atoms with van der Waals surface area (Å²) in [4.78, 5) is 0. The van der Waals surface area contributed by atoms with Crippen molar-refractivity contribution in [2.75, 3.05) is 6.61 Å². The molecule has 0 amide bonds. The van der Waals surface area contributed by atoms with Gasteiger partial charge in [0.1, 0.15) is 5.75 Å². The van der Waals surface area contributed by atoms with Crippen molar-refractivity contribution in [3.8, 4) is 17.6 Å². The maximum Gasteiger partial charge on any atom is 0.419 e. The molecule has 5 heteroatoms. The van der Waals surface area contributed by atoms with Gasteiger partial charge in [0.2, 0.25) is 0 Å². The fourth-order valence-corrected chi connectivity index (χ4v) is 1.76. The SMILES string of the molecule is CC#CCCOc1ccc(CC(C)N)cc1C(F)(F)F. The lowest BCUT2D eigenvalue weighted by molar-refractivity contribution is -0.139. The van der Waals surface area contributed by atoms with Crippen molar-refractivity contribution in [1.82, 2.24) is 0 Å². The fourth-order valence-electron chi connectivity index (χ4n) is 1.76. The third kappa shape index (κ3) is 5.14. The summed E-state index contributed by atoms with van der Waals surface area (Å²) in [5.74, 6) is 5.24. The van der Waals surface area contributed by atoms with Gasteiger partial charge in [0, 0.05) is 12.5 Å². The zero-order valence-electron chi connectivity index (χ0n) is 11.6. The number of ether oxygens (including phenoxy) is 1. The van der Waals surface area contributed by atoms with E-state index in [4.69, 9.17) is 10.5 Å².